The first-order valence-corrected chi connectivity index (χ1v) is 5.64. The molecule has 3 aromatic rings. The molecule has 0 aliphatic carbocycles. The Hall–Kier alpha value is -2.55. The Balaban J connectivity index is 2.03. The molecule has 3 heteroatoms. The number of phenols is 1. The highest BCUT2D eigenvalue weighted by Gasteiger charge is 2.08. The van der Waals surface area contributed by atoms with E-state index in [0.29, 0.717) is 5.56 Å². The van der Waals surface area contributed by atoms with Gasteiger partial charge in [-0.1, -0.05) is 24.3 Å². The fraction of sp³-hybridized carbons (Fsp3) is 0. The van der Waals surface area contributed by atoms with Crippen molar-refractivity contribution in [3.8, 4) is 5.75 Å². The van der Waals surface area contributed by atoms with Crippen LogP contribution in [0.2, 0.25) is 0 Å². The zero-order chi connectivity index (χ0) is 12.5. The maximum atomic E-state index is 12.2. The number of aromatic nitrogens is 1. The lowest BCUT2D eigenvalue weighted by molar-refractivity contribution is 0.0960. The molecule has 2 aromatic carbocycles. The number of benzene rings is 2. The average molecular weight is 237 g/mol. The lowest BCUT2D eigenvalue weighted by Gasteiger charge is -2.01. The van der Waals surface area contributed by atoms with E-state index in [1.165, 1.54) is 12.1 Å². The van der Waals surface area contributed by atoms with Crippen molar-refractivity contribution in [2.24, 2.45) is 0 Å². The lowest BCUT2D eigenvalue weighted by atomic mass is 10.2. The summed E-state index contributed by atoms with van der Waals surface area (Å²) in [5.41, 5.74) is 0.549. The van der Waals surface area contributed by atoms with Crippen LogP contribution in [0.1, 0.15) is 10.4 Å². The number of carbonyl (C=O) groups is 1. The molecule has 0 unspecified atom stereocenters. The molecule has 0 bridgehead atoms. The van der Waals surface area contributed by atoms with Crippen LogP contribution in [0.15, 0.2) is 60.9 Å². The topological polar surface area (TPSA) is 42.2 Å². The Morgan fingerprint density at radius 3 is 2.00 bits per heavy atom. The van der Waals surface area contributed by atoms with Gasteiger partial charge in [-0.15, -0.1) is 0 Å². The highest BCUT2D eigenvalue weighted by Crippen LogP contribution is 2.17. The quantitative estimate of drug-likeness (QED) is 0.706. The molecule has 0 amide bonds. The molecule has 0 atom stereocenters. The van der Waals surface area contributed by atoms with Crippen molar-refractivity contribution in [3.63, 3.8) is 0 Å². The Labute approximate surface area is 104 Å². The Morgan fingerprint density at radius 1 is 0.889 bits per heavy atom. The Morgan fingerprint density at radius 2 is 1.44 bits per heavy atom. The van der Waals surface area contributed by atoms with Crippen LogP contribution in [0.3, 0.4) is 0 Å². The van der Waals surface area contributed by atoms with Crippen LogP contribution in [-0.4, -0.2) is 15.6 Å². The van der Waals surface area contributed by atoms with E-state index in [1.807, 2.05) is 36.7 Å². The second kappa shape index (κ2) is 4.04. The van der Waals surface area contributed by atoms with E-state index in [0.717, 1.165) is 10.8 Å². The largest absolute Gasteiger partial charge is 0.508 e. The molecule has 0 aliphatic rings. The highest BCUT2D eigenvalue weighted by atomic mass is 16.3. The summed E-state index contributed by atoms with van der Waals surface area (Å²) >= 11 is 0. The number of nitrogens with zero attached hydrogens (tertiary/aromatic N) is 1. The number of phenolic OH excluding ortho intramolecular Hbond substituents is 1. The maximum absolute atomic E-state index is 12.2. The number of carbonyl (C=O) groups excluding carboxylic acids is 1. The van der Waals surface area contributed by atoms with Gasteiger partial charge in [-0.2, -0.15) is 0 Å². The van der Waals surface area contributed by atoms with Crippen molar-refractivity contribution in [2.75, 3.05) is 0 Å². The van der Waals surface area contributed by atoms with Crippen LogP contribution >= 0.6 is 0 Å². The van der Waals surface area contributed by atoms with Gasteiger partial charge in [0.1, 0.15) is 5.75 Å². The van der Waals surface area contributed by atoms with Gasteiger partial charge < -0.3 is 5.11 Å². The summed E-state index contributed by atoms with van der Waals surface area (Å²) in [7, 11) is 0. The summed E-state index contributed by atoms with van der Waals surface area (Å²) in [6.07, 6.45) is 3.62. The Kier molecular flexibility index (Phi) is 2.38. The van der Waals surface area contributed by atoms with Gasteiger partial charge in [0.15, 0.2) is 0 Å². The van der Waals surface area contributed by atoms with E-state index in [4.69, 9.17) is 0 Å². The molecule has 1 heterocycles. The summed E-state index contributed by atoms with van der Waals surface area (Å²) in [6, 6.07) is 14.1. The van der Waals surface area contributed by atoms with Crippen LogP contribution in [0, 0.1) is 0 Å². The summed E-state index contributed by atoms with van der Waals surface area (Å²) in [6.45, 7) is 0. The zero-order valence-electron chi connectivity index (χ0n) is 9.58. The van der Waals surface area contributed by atoms with Crippen molar-refractivity contribution in [1.82, 2.24) is 4.57 Å². The van der Waals surface area contributed by atoms with Crippen LogP contribution in [0.4, 0.5) is 0 Å². The molecule has 3 rings (SSSR count). The smallest absolute Gasteiger partial charge is 0.261 e. The number of rotatable bonds is 1. The van der Waals surface area contributed by atoms with Crippen LogP contribution < -0.4 is 0 Å². The fourth-order valence-electron chi connectivity index (χ4n) is 1.95. The molecule has 1 N–H and O–H groups in total. The molecular formula is C15H11NO2. The second-order valence-corrected chi connectivity index (χ2v) is 4.15. The molecule has 0 radical (unpaired) electrons. The van der Waals surface area contributed by atoms with Gasteiger partial charge in [-0.25, -0.2) is 0 Å². The van der Waals surface area contributed by atoms with E-state index in [9.17, 15) is 9.90 Å². The third-order valence-corrected chi connectivity index (χ3v) is 2.90. The minimum Gasteiger partial charge on any atom is -0.508 e. The van der Waals surface area contributed by atoms with E-state index < -0.39 is 0 Å². The monoisotopic (exact) mass is 237 g/mol. The third-order valence-electron chi connectivity index (χ3n) is 2.90. The molecule has 0 saturated heterocycles. The van der Waals surface area contributed by atoms with E-state index in [2.05, 4.69) is 0 Å². The van der Waals surface area contributed by atoms with Crippen LogP contribution in [0.5, 0.6) is 5.75 Å². The number of hydrogen-bond donors (Lipinski definition) is 1. The average Bonchev–Trinajstić information content (AvgIpc) is 2.82. The van der Waals surface area contributed by atoms with Gasteiger partial charge in [0.05, 0.1) is 0 Å². The predicted octanol–water partition coefficient (Wildman–Crippen LogP) is 3.04. The van der Waals surface area contributed by atoms with Gasteiger partial charge in [0, 0.05) is 18.0 Å². The molecule has 3 nitrogen and oxygen atoms in total. The minimum absolute atomic E-state index is 0.105. The van der Waals surface area contributed by atoms with Crippen molar-refractivity contribution < 1.29 is 9.90 Å². The van der Waals surface area contributed by atoms with Crippen molar-refractivity contribution in [3.05, 3.63) is 66.5 Å². The van der Waals surface area contributed by atoms with Gasteiger partial charge in [-0.05, 0) is 35.0 Å². The third kappa shape index (κ3) is 1.76. The summed E-state index contributed by atoms with van der Waals surface area (Å²) in [5, 5.41) is 11.3. The number of aromatic hydroxyl groups is 1. The molecule has 0 aliphatic heterocycles. The van der Waals surface area contributed by atoms with Crippen LogP contribution in [-0.2, 0) is 0 Å². The van der Waals surface area contributed by atoms with E-state index >= 15 is 0 Å². The van der Waals surface area contributed by atoms with Gasteiger partial charge in [0.2, 0.25) is 0 Å². The Bertz CT molecular complexity index is 678. The standard InChI is InChI=1S/C15H11NO2/c17-14-7-5-11(6-8-14)15(18)16-9-12-3-1-2-4-13(12)10-16/h1-10,17H. The molecule has 0 spiro atoms. The summed E-state index contributed by atoms with van der Waals surface area (Å²) in [4.78, 5) is 12.2. The predicted molar refractivity (Wildman–Crippen MR) is 69.8 cm³/mol. The molecular weight excluding hydrogens is 226 g/mol. The first-order valence-electron chi connectivity index (χ1n) is 5.64. The van der Waals surface area contributed by atoms with E-state index in [-0.39, 0.29) is 11.7 Å². The molecule has 0 fully saturated rings. The molecule has 18 heavy (non-hydrogen) atoms. The molecule has 0 saturated carbocycles. The highest BCUT2D eigenvalue weighted by molar-refractivity contribution is 5.99. The SMILES string of the molecule is O=C(c1ccc(O)cc1)n1cc2ccccc2c1. The molecule has 88 valence electrons. The zero-order valence-corrected chi connectivity index (χ0v) is 9.58. The van der Waals surface area contributed by atoms with Crippen molar-refractivity contribution >= 4 is 16.7 Å². The number of fused-ring (bicyclic) bond motifs is 1. The second-order valence-electron chi connectivity index (χ2n) is 4.15. The first-order chi connectivity index (χ1) is 8.74. The van der Waals surface area contributed by atoms with Gasteiger partial charge in [0.25, 0.3) is 5.91 Å². The molecule has 1 aromatic heterocycles. The normalized spacial score (nSPS) is 10.7. The maximum Gasteiger partial charge on any atom is 0.261 e. The van der Waals surface area contributed by atoms with E-state index in [1.54, 1.807) is 16.7 Å². The van der Waals surface area contributed by atoms with Gasteiger partial charge >= 0.3 is 0 Å². The minimum atomic E-state index is -0.105. The summed E-state index contributed by atoms with van der Waals surface area (Å²) < 4.78 is 1.57. The van der Waals surface area contributed by atoms with Gasteiger partial charge in [-0.3, -0.25) is 9.36 Å². The first kappa shape index (κ1) is 10.6. The fourth-order valence-corrected chi connectivity index (χ4v) is 1.95. The van der Waals surface area contributed by atoms with Crippen LogP contribution in [0.25, 0.3) is 10.8 Å². The lowest BCUT2D eigenvalue weighted by Crippen LogP contribution is -2.08. The van der Waals surface area contributed by atoms with Crippen molar-refractivity contribution in [2.45, 2.75) is 0 Å². The summed E-state index contributed by atoms with van der Waals surface area (Å²) in [5.74, 6) is 0.0513. The number of hydrogen-bond acceptors (Lipinski definition) is 2. The van der Waals surface area contributed by atoms with Crippen molar-refractivity contribution in [1.29, 1.82) is 0 Å².